The number of aliphatic imine (C=N–C) groups is 1. The normalized spacial score (nSPS) is 15.1. The van der Waals surface area contributed by atoms with E-state index < -0.39 is 0 Å². The van der Waals surface area contributed by atoms with E-state index in [0.717, 1.165) is 51.0 Å². The van der Waals surface area contributed by atoms with Crippen molar-refractivity contribution in [2.24, 2.45) is 4.99 Å². The lowest BCUT2D eigenvalue weighted by Gasteiger charge is -2.19. The second kappa shape index (κ2) is 12.6. The van der Waals surface area contributed by atoms with Crippen LogP contribution in [0, 0.1) is 0 Å². The fourth-order valence-corrected chi connectivity index (χ4v) is 2.47. The van der Waals surface area contributed by atoms with Crippen molar-refractivity contribution in [3.63, 3.8) is 0 Å². The Balaban J connectivity index is 0.00000529. The van der Waals surface area contributed by atoms with Crippen molar-refractivity contribution in [2.75, 3.05) is 13.6 Å². The van der Waals surface area contributed by atoms with Crippen molar-refractivity contribution >= 4 is 35.9 Å². The van der Waals surface area contributed by atoms with Crippen LogP contribution in [-0.4, -0.2) is 37.2 Å². The van der Waals surface area contributed by atoms with Crippen LogP contribution in [0.5, 0.6) is 0 Å². The molecular weight excluding hydrogens is 417 g/mol. The molecule has 0 saturated carbocycles. The number of carbonyl (C=O) groups is 1. The second-order valence-electron chi connectivity index (χ2n) is 7.03. The molecule has 0 aliphatic heterocycles. The average molecular weight is 451 g/mol. The number of hydrogen-bond donors (Lipinski definition) is 2. The summed E-state index contributed by atoms with van der Waals surface area (Å²) in [6.45, 7) is 6.61. The molecule has 140 valence electrons. The van der Waals surface area contributed by atoms with Crippen LogP contribution >= 0.6 is 24.0 Å². The van der Waals surface area contributed by atoms with E-state index in [4.69, 9.17) is 4.74 Å². The minimum Gasteiger partial charge on any atom is -0.460 e. The van der Waals surface area contributed by atoms with Crippen molar-refractivity contribution in [1.82, 2.24) is 10.6 Å². The SMILES string of the molecule is CN=C(NCCCCCCC(=O)OC(C)(C)C)NC1CC=CC1.I. The van der Waals surface area contributed by atoms with Crippen LogP contribution < -0.4 is 10.6 Å². The number of carbonyl (C=O) groups excluding carboxylic acids is 1. The van der Waals surface area contributed by atoms with Gasteiger partial charge >= 0.3 is 5.97 Å². The molecule has 0 radical (unpaired) electrons. The summed E-state index contributed by atoms with van der Waals surface area (Å²) in [4.78, 5) is 15.8. The van der Waals surface area contributed by atoms with Gasteiger partial charge in [0.2, 0.25) is 0 Å². The lowest BCUT2D eigenvalue weighted by atomic mass is 10.1. The molecule has 0 heterocycles. The summed E-state index contributed by atoms with van der Waals surface area (Å²) < 4.78 is 5.29. The van der Waals surface area contributed by atoms with Gasteiger partial charge in [0.1, 0.15) is 5.60 Å². The number of hydrogen-bond acceptors (Lipinski definition) is 3. The molecule has 24 heavy (non-hydrogen) atoms. The lowest BCUT2D eigenvalue weighted by Crippen LogP contribution is -2.42. The predicted molar refractivity (Wildman–Crippen MR) is 111 cm³/mol. The number of unbranched alkanes of at least 4 members (excludes halogenated alkanes) is 3. The van der Waals surface area contributed by atoms with E-state index in [-0.39, 0.29) is 35.5 Å². The molecule has 0 atom stereocenters. The van der Waals surface area contributed by atoms with E-state index in [1.165, 1.54) is 0 Å². The van der Waals surface area contributed by atoms with E-state index in [2.05, 4.69) is 27.8 Å². The molecule has 2 N–H and O–H groups in total. The van der Waals surface area contributed by atoms with Gasteiger partial charge in [-0.25, -0.2) is 0 Å². The van der Waals surface area contributed by atoms with Crippen molar-refractivity contribution in [1.29, 1.82) is 0 Å². The van der Waals surface area contributed by atoms with Crippen molar-refractivity contribution in [3.05, 3.63) is 12.2 Å². The zero-order valence-electron chi connectivity index (χ0n) is 15.6. The summed E-state index contributed by atoms with van der Waals surface area (Å²) >= 11 is 0. The fourth-order valence-electron chi connectivity index (χ4n) is 2.47. The van der Waals surface area contributed by atoms with Gasteiger partial charge in [-0.05, 0) is 46.5 Å². The Morgan fingerprint density at radius 3 is 2.38 bits per heavy atom. The van der Waals surface area contributed by atoms with Crippen LogP contribution in [0.15, 0.2) is 17.1 Å². The molecule has 0 amide bonds. The topological polar surface area (TPSA) is 62.7 Å². The summed E-state index contributed by atoms with van der Waals surface area (Å²) in [7, 11) is 1.80. The highest BCUT2D eigenvalue weighted by atomic mass is 127. The van der Waals surface area contributed by atoms with Gasteiger partial charge < -0.3 is 15.4 Å². The molecule has 0 unspecified atom stereocenters. The Bertz CT molecular complexity index is 409. The quantitative estimate of drug-likeness (QED) is 0.147. The van der Waals surface area contributed by atoms with E-state index in [1.54, 1.807) is 7.05 Å². The van der Waals surface area contributed by atoms with Crippen LogP contribution in [-0.2, 0) is 9.53 Å². The fraction of sp³-hybridized carbons (Fsp3) is 0.778. The first-order valence-corrected chi connectivity index (χ1v) is 8.75. The molecule has 0 fully saturated rings. The molecule has 0 saturated heterocycles. The van der Waals surface area contributed by atoms with Gasteiger partial charge in [0.25, 0.3) is 0 Å². The lowest BCUT2D eigenvalue weighted by molar-refractivity contribution is -0.154. The molecule has 1 rings (SSSR count). The maximum atomic E-state index is 11.6. The smallest absolute Gasteiger partial charge is 0.306 e. The van der Waals surface area contributed by atoms with Crippen molar-refractivity contribution in [2.45, 2.75) is 77.4 Å². The van der Waals surface area contributed by atoms with E-state index in [1.807, 2.05) is 20.8 Å². The minimum absolute atomic E-state index is 0. The predicted octanol–water partition coefficient (Wildman–Crippen LogP) is 3.78. The summed E-state index contributed by atoms with van der Waals surface area (Å²) in [5, 5.41) is 6.77. The molecular formula is C18H34IN3O2. The molecule has 1 aliphatic carbocycles. The molecule has 1 aliphatic rings. The molecule has 0 aromatic carbocycles. The van der Waals surface area contributed by atoms with Gasteiger partial charge in [0.15, 0.2) is 5.96 Å². The van der Waals surface area contributed by atoms with Crippen molar-refractivity contribution < 1.29 is 9.53 Å². The molecule has 0 spiro atoms. The van der Waals surface area contributed by atoms with Crippen LogP contribution in [0.4, 0.5) is 0 Å². The summed E-state index contributed by atoms with van der Waals surface area (Å²) in [6.07, 6.45) is 11.2. The third kappa shape index (κ3) is 11.7. The van der Waals surface area contributed by atoms with E-state index in [9.17, 15) is 4.79 Å². The summed E-state index contributed by atoms with van der Waals surface area (Å²) in [6, 6.07) is 0.482. The average Bonchev–Trinajstić information content (AvgIpc) is 2.96. The largest absolute Gasteiger partial charge is 0.460 e. The maximum absolute atomic E-state index is 11.6. The van der Waals surface area contributed by atoms with Crippen LogP contribution in [0.3, 0.4) is 0 Å². The first-order chi connectivity index (χ1) is 10.9. The molecule has 0 aromatic rings. The third-order valence-electron chi connectivity index (χ3n) is 3.59. The number of ether oxygens (including phenoxy) is 1. The zero-order valence-corrected chi connectivity index (χ0v) is 17.9. The van der Waals surface area contributed by atoms with Crippen LogP contribution in [0.2, 0.25) is 0 Å². The number of esters is 1. The van der Waals surface area contributed by atoms with Gasteiger partial charge in [0, 0.05) is 26.1 Å². The number of nitrogens with zero attached hydrogens (tertiary/aromatic N) is 1. The zero-order chi connectivity index (χ0) is 17.1. The first kappa shape index (κ1) is 23.2. The Morgan fingerprint density at radius 2 is 1.79 bits per heavy atom. The van der Waals surface area contributed by atoms with Crippen LogP contribution in [0.25, 0.3) is 0 Å². The van der Waals surface area contributed by atoms with Gasteiger partial charge in [-0.2, -0.15) is 0 Å². The van der Waals surface area contributed by atoms with Crippen molar-refractivity contribution in [3.8, 4) is 0 Å². The molecule has 0 aromatic heterocycles. The highest BCUT2D eigenvalue weighted by Gasteiger charge is 2.15. The monoisotopic (exact) mass is 451 g/mol. The Kier molecular flexibility index (Phi) is 12.1. The van der Waals surface area contributed by atoms with Gasteiger partial charge in [-0.1, -0.05) is 25.0 Å². The first-order valence-electron chi connectivity index (χ1n) is 8.75. The van der Waals surface area contributed by atoms with E-state index in [0.29, 0.717) is 12.5 Å². The Morgan fingerprint density at radius 1 is 1.17 bits per heavy atom. The highest BCUT2D eigenvalue weighted by molar-refractivity contribution is 14.0. The summed E-state index contributed by atoms with van der Waals surface area (Å²) in [5.41, 5.74) is -0.376. The van der Waals surface area contributed by atoms with Gasteiger partial charge in [0.05, 0.1) is 0 Å². The van der Waals surface area contributed by atoms with Gasteiger partial charge in [-0.3, -0.25) is 9.79 Å². The third-order valence-corrected chi connectivity index (χ3v) is 3.59. The minimum atomic E-state index is -0.376. The number of halogens is 1. The second-order valence-corrected chi connectivity index (χ2v) is 7.03. The number of nitrogens with one attached hydrogen (secondary N) is 2. The van der Waals surface area contributed by atoms with Crippen LogP contribution in [0.1, 0.15) is 65.7 Å². The Labute approximate surface area is 164 Å². The standard InChI is InChI=1S/C18H33N3O2.HI/c1-18(2,3)23-16(22)13-7-5-6-10-14-20-17(19-4)21-15-11-8-9-12-15;/h8-9,15H,5-7,10-14H2,1-4H3,(H2,19,20,21);1H. The summed E-state index contributed by atoms with van der Waals surface area (Å²) in [5.74, 6) is 0.790. The molecule has 5 nitrogen and oxygen atoms in total. The molecule has 0 bridgehead atoms. The molecule has 6 heteroatoms. The number of guanidine groups is 1. The number of rotatable bonds is 8. The Hall–Kier alpha value is -0.790. The maximum Gasteiger partial charge on any atom is 0.306 e. The highest BCUT2D eigenvalue weighted by Crippen LogP contribution is 2.11. The van der Waals surface area contributed by atoms with E-state index >= 15 is 0 Å². The van der Waals surface area contributed by atoms with Gasteiger partial charge in [-0.15, -0.1) is 24.0 Å².